The van der Waals surface area contributed by atoms with Crippen LogP contribution in [0.5, 0.6) is 11.5 Å². The van der Waals surface area contributed by atoms with E-state index < -0.39 is 12.7 Å². The number of benzene rings is 1. The monoisotopic (exact) mass is 277 g/mol. The number of hydrogen-bond acceptors (Lipinski definition) is 3. The van der Waals surface area contributed by atoms with Crippen molar-refractivity contribution in [2.75, 3.05) is 13.7 Å². The molecule has 6 heteroatoms. The largest absolute Gasteiger partial charge is 0.493 e. The molecule has 0 amide bonds. The maximum atomic E-state index is 12.0. The van der Waals surface area contributed by atoms with Crippen molar-refractivity contribution in [2.45, 2.75) is 32.7 Å². The Morgan fingerprint density at radius 1 is 1.21 bits per heavy atom. The molecule has 0 atom stereocenters. The maximum Gasteiger partial charge on any atom is 0.401 e. The van der Waals surface area contributed by atoms with Crippen molar-refractivity contribution >= 4 is 0 Å². The fourth-order valence-corrected chi connectivity index (χ4v) is 1.52. The van der Waals surface area contributed by atoms with Gasteiger partial charge in [-0.1, -0.05) is 6.07 Å². The van der Waals surface area contributed by atoms with Crippen LogP contribution in [0, 0.1) is 0 Å². The van der Waals surface area contributed by atoms with Crippen molar-refractivity contribution in [1.82, 2.24) is 5.32 Å². The van der Waals surface area contributed by atoms with E-state index in [1.165, 1.54) is 7.11 Å². The predicted octanol–water partition coefficient (Wildman–Crippen LogP) is 3.13. The molecule has 0 saturated carbocycles. The van der Waals surface area contributed by atoms with Gasteiger partial charge in [-0.15, -0.1) is 0 Å². The van der Waals surface area contributed by atoms with Gasteiger partial charge in [0.1, 0.15) is 0 Å². The molecule has 3 nitrogen and oxygen atoms in total. The highest BCUT2D eigenvalue weighted by Crippen LogP contribution is 2.29. The van der Waals surface area contributed by atoms with E-state index in [0.29, 0.717) is 17.1 Å². The van der Waals surface area contributed by atoms with Gasteiger partial charge < -0.3 is 14.8 Å². The minimum absolute atomic E-state index is 0.00287. The average Bonchev–Trinajstić information content (AvgIpc) is 2.28. The van der Waals surface area contributed by atoms with Gasteiger partial charge in [-0.25, -0.2) is 0 Å². The van der Waals surface area contributed by atoms with Gasteiger partial charge in [0, 0.05) is 6.54 Å². The van der Waals surface area contributed by atoms with Gasteiger partial charge in [-0.3, -0.25) is 0 Å². The van der Waals surface area contributed by atoms with Crippen LogP contribution in [0.3, 0.4) is 0 Å². The molecule has 1 rings (SSSR count). The molecule has 0 bridgehead atoms. The Morgan fingerprint density at radius 3 is 2.42 bits per heavy atom. The van der Waals surface area contributed by atoms with Crippen molar-refractivity contribution in [1.29, 1.82) is 0 Å². The number of rotatable bonds is 6. The minimum atomic E-state index is -4.20. The first-order valence-electron chi connectivity index (χ1n) is 5.93. The van der Waals surface area contributed by atoms with Gasteiger partial charge in [0.05, 0.1) is 19.8 Å². The topological polar surface area (TPSA) is 30.5 Å². The third kappa shape index (κ3) is 5.83. The van der Waals surface area contributed by atoms with Crippen LogP contribution in [0.15, 0.2) is 18.2 Å². The molecule has 108 valence electrons. The quantitative estimate of drug-likeness (QED) is 0.866. The molecule has 0 aromatic heterocycles. The van der Waals surface area contributed by atoms with Crippen molar-refractivity contribution in [3.05, 3.63) is 23.8 Å². The number of methoxy groups -OCH3 is 1. The maximum absolute atomic E-state index is 12.0. The fraction of sp³-hybridized carbons (Fsp3) is 0.538. The predicted molar refractivity (Wildman–Crippen MR) is 66.5 cm³/mol. The molecule has 0 spiro atoms. The summed E-state index contributed by atoms with van der Waals surface area (Å²) < 4.78 is 46.7. The highest BCUT2D eigenvalue weighted by molar-refractivity contribution is 5.43. The van der Waals surface area contributed by atoms with E-state index in [2.05, 4.69) is 5.32 Å². The number of nitrogens with one attached hydrogen (secondary N) is 1. The standard InChI is InChI=1S/C13H18F3NO2/c1-9(2)19-11-5-4-10(6-12(11)18-3)7-17-8-13(14,15)16/h4-6,9,17H,7-8H2,1-3H3. The van der Waals surface area contributed by atoms with Gasteiger partial charge in [0.2, 0.25) is 0 Å². The number of hydrogen-bond donors (Lipinski definition) is 1. The lowest BCUT2D eigenvalue weighted by Crippen LogP contribution is -2.28. The molecular weight excluding hydrogens is 259 g/mol. The minimum Gasteiger partial charge on any atom is -0.493 e. The first-order valence-corrected chi connectivity index (χ1v) is 5.93. The van der Waals surface area contributed by atoms with Gasteiger partial charge in [-0.2, -0.15) is 13.2 Å². The van der Waals surface area contributed by atoms with Crippen LogP contribution in [0.4, 0.5) is 13.2 Å². The highest BCUT2D eigenvalue weighted by Gasteiger charge is 2.26. The first kappa shape index (κ1) is 15.6. The fourth-order valence-electron chi connectivity index (χ4n) is 1.52. The second-order valence-corrected chi connectivity index (χ2v) is 4.37. The van der Waals surface area contributed by atoms with Crippen LogP contribution in [0.2, 0.25) is 0 Å². The lowest BCUT2D eigenvalue weighted by Gasteiger charge is -2.15. The zero-order chi connectivity index (χ0) is 14.5. The van der Waals surface area contributed by atoms with Crippen LogP contribution in [-0.2, 0) is 6.54 Å². The van der Waals surface area contributed by atoms with E-state index >= 15 is 0 Å². The van der Waals surface area contributed by atoms with E-state index in [4.69, 9.17) is 9.47 Å². The Kier molecular flexibility index (Phi) is 5.47. The molecule has 0 saturated heterocycles. The Hall–Kier alpha value is -1.43. The van der Waals surface area contributed by atoms with Gasteiger partial charge in [0.25, 0.3) is 0 Å². The molecule has 0 aliphatic heterocycles. The van der Waals surface area contributed by atoms with Crippen LogP contribution in [0.25, 0.3) is 0 Å². The van der Waals surface area contributed by atoms with Crippen LogP contribution in [-0.4, -0.2) is 25.9 Å². The molecular formula is C13H18F3NO2. The molecule has 1 aromatic carbocycles. The lowest BCUT2D eigenvalue weighted by atomic mass is 10.2. The Balaban J connectivity index is 2.66. The summed E-state index contributed by atoms with van der Waals surface area (Å²) >= 11 is 0. The SMILES string of the molecule is COc1cc(CNCC(F)(F)F)ccc1OC(C)C. The van der Waals surface area contributed by atoms with E-state index in [1.807, 2.05) is 13.8 Å². The molecule has 0 radical (unpaired) electrons. The number of alkyl halides is 3. The number of halogens is 3. The summed E-state index contributed by atoms with van der Waals surface area (Å²) in [5.74, 6) is 1.09. The molecule has 0 aliphatic carbocycles. The highest BCUT2D eigenvalue weighted by atomic mass is 19.4. The average molecular weight is 277 g/mol. The Morgan fingerprint density at radius 2 is 1.89 bits per heavy atom. The van der Waals surface area contributed by atoms with Crippen molar-refractivity contribution in [3.8, 4) is 11.5 Å². The Bertz CT molecular complexity index is 405. The summed E-state index contributed by atoms with van der Waals surface area (Å²) in [5, 5.41) is 2.33. The number of ether oxygens (including phenoxy) is 2. The second-order valence-electron chi connectivity index (χ2n) is 4.37. The third-order valence-electron chi connectivity index (χ3n) is 2.25. The summed E-state index contributed by atoms with van der Waals surface area (Å²) in [6.07, 6.45) is -4.20. The summed E-state index contributed by atoms with van der Waals surface area (Å²) in [7, 11) is 1.50. The normalized spacial score (nSPS) is 11.7. The van der Waals surface area contributed by atoms with Crippen molar-refractivity contribution in [3.63, 3.8) is 0 Å². The van der Waals surface area contributed by atoms with Crippen LogP contribution >= 0.6 is 0 Å². The molecule has 19 heavy (non-hydrogen) atoms. The summed E-state index contributed by atoms with van der Waals surface area (Å²) in [5.41, 5.74) is 0.706. The molecule has 0 fully saturated rings. The summed E-state index contributed by atoms with van der Waals surface area (Å²) in [4.78, 5) is 0. The second kappa shape index (κ2) is 6.65. The molecule has 0 aliphatic rings. The van der Waals surface area contributed by atoms with Crippen molar-refractivity contribution < 1.29 is 22.6 Å². The molecule has 1 N–H and O–H groups in total. The van der Waals surface area contributed by atoms with E-state index in [9.17, 15) is 13.2 Å². The van der Waals surface area contributed by atoms with E-state index in [0.717, 1.165) is 0 Å². The van der Waals surface area contributed by atoms with Gasteiger partial charge in [0.15, 0.2) is 11.5 Å². The lowest BCUT2D eigenvalue weighted by molar-refractivity contribution is -0.125. The first-order chi connectivity index (χ1) is 8.81. The van der Waals surface area contributed by atoms with Crippen molar-refractivity contribution in [2.24, 2.45) is 0 Å². The van der Waals surface area contributed by atoms with Crippen LogP contribution < -0.4 is 14.8 Å². The summed E-state index contributed by atoms with van der Waals surface area (Å²) in [6, 6.07) is 5.08. The van der Waals surface area contributed by atoms with Gasteiger partial charge >= 0.3 is 6.18 Å². The molecule has 0 heterocycles. The van der Waals surface area contributed by atoms with Crippen LogP contribution in [0.1, 0.15) is 19.4 Å². The smallest absolute Gasteiger partial charge is 0.401 e. The Labute approximate surface area is 110 Å². The summed E-state index contributed by atoms with van der Waals surface area (Å²) in [6.45, 7) is 2.88. The molecule has 1 aromatic rings. The van der Waals surface area contributed by atoms with E-state index in [1.54, 1.807) is 18.2 Å². The molecule has 0 unspecified atom stereocenters. The van der Waals surface area contributed by atoms with Gasteiger partial charge in [-0.05, 0) is 31.5 Å². The zero-order valence-electron chi connectivity index (χ0n) is 11.2. The van der Waals surface area contributed by atoms with E-state index in [-0.39, 0.29) is 12.6 Å². The third-order valence-corrected chi connectivity index (χ3v) is 2.25. The zero-order valence-corrected chi connectivity index (χ0v) is 11.2.